The quantitative estimate of drug-likeness (QED) is 0.709. The molecule has 0 radical (unpaired) electrons. The zero-order valence-corrected chi connectivity index (χ0v) is 9.54. The predicted molar refractivity (Wildman–Crippen MR) is 56.7 cm³/mol. The largest absolute Gasteiger partial charge is 0.480 e. The van der Waals surface area contributed by atoms with Crippen LogP contribution >= 0.6 is 0 Å². The molecule has 1 aromatic heterocycles. The number of sulfone groups is 1. The third kappa shape index (κ3) is 1.74. The van der Waals surface area contributed by atoms with Gasteiger partial charge in [0.05, 0.1) is 18.6 Å². The summed E-state index contributed by atoms with van der Waals surface area (Å²) < 4.78 is 28.0. The summed E-state index contributed by atoms with van der Waals surface area (Å²) in [7, 11) is -1.68. The number of ether oxygens (including phenoxy) is 1. The number of pyridine rings is 1. The van der Waals surface area contributed by atoms with Gasteiger partial charge < -0.3 is 4.74 Å². The molecule has 0 fully saturated rings. The van der Waals surface area contributed by atoms with Gasteiger partial charge in [0.25, 0.3) is 0 Å². The summed E-state index contributed by atoms with van der Waals surface area (Å²) in [6.45, 7) is 0. The standard InChI is InChI=1S/C10H10N2O3S/c1-15-10-8(4-11)9-6-16(13,14)3-2-7(9)5-12-10/h5H,2-3,6H2,1H3. The van der Waals surface area contributed by atoms with E-state index in [0.29, 0.717) is 12.0 Å². The van der Waals surface area contributed by atoms with Gasteiger partial charge in [0.1, 0.15) is 11.6 Å². The van der Waals surface area contributed by atoms with Crippen molar-refractivity contribution in [3.8, 4) is 11.9 Å². The Morgan fingerprint density at radius 3 is 2.94 bits per heavy atom. The van der Waals surface area contributed by atoms with Crippen LogP contribution in [0, 0.1) is 11.3 Å². The molecule has 0 saturated heterocycles. The number of nitriles is 1. The first-order valence-electron chi connectivity index (χ1n) is 4.72. The van der Waals surface area contributed by atoms with Crippen LogP contribution < -0.4 is 4.74 Å². The van der Waals surface area contributed by atoms with E-state index >= 15 is 0 Å². The van der Waals surface area contributed by atoms with Crippen LogP contribution in [-0.2, 0) is 22.0 Å². The van der Waals surface area contributed by atoms with Crippen molar-refractivity contribution in [2.75, 3.05) is 12.9 Å². The Labute approximate surface area is 93.6 Å². The number of aromatic nitrogens is 1. The average Bonchev–Trinajstić information content (AvgIpc) is 2.26. The highest BCUT2D eigenvalue weighted by Crippen LogP contribution is 2.28. The van der Waals surface area contributed by atoms with Crippen molar-refractivity contribution in [3.63, 3.8) is 0 Å². The van der Waals surface area contributed by atoms with Gasteiger partial charge in [-0.15, -0.1) is 0 Å². The fourth-order valence-corrected chi connectivity index (χ4v) is 3.22. The summed E-state index contributed by atoms with van der Waals surface area (Å²) in [5.74, 6) is 0.224. The van der Waals surface area contributed by atoms with Gasteiger partial charge in [-0.25, -0.2) is 13.4 Å². The lowest BCUT2D eigenvalue weighted by atomic mass is 10.0. The lowest BCUT2D eigenvalue weighted by molar-refractivity contribution is 0.395. The van der Waals surface area contributed by atoms with Gasteiger partial charge in [-0.3, -0.25) is 0 Å². The van der Waals surface area contributed by atoms with Crippen LogP contribution in [0.4, 0.5) is 0 Å². The molecule has 16 heavy (non-hydrogen) atoms. The van der Waals surface area contributed by atoms with Crippen molar-refractivity contribution < 1.29 is 13.2 Å². The van der Waals surface area contributed by atoms with Crippen molar-refractivity contribution in [1.82, 2.24) is 4.98 Å². The normalized spacial score (nSPS) is 17.2. The van der Waals surface area contributed by atoms with E-state index in [1.165, 1.54) is 7.11 Å². The van der Waals surface area contributed by atoms with E-state index < -0.39 is 9.84 Å². The number of hydrogen-bond acceptors (Lipinski definition) is 5. The molecule has 0 unspecified atom stereocenters. The van der Waals surface area contributed by atoms with E-state index in [4.69, 9.17) is 10.00 Å². The van der Waals surface area contributed by atoms with Crippen LogP contribution in [0.3, 0.4) is 0 Å². The number of rotatable bonds is 1. The molecule has 1 aromatic rings. The molecular weight excluding hydrogens is 228 g/mol. The Bertz CT molecular complexity index is 572. The number of hydrogen-bond donors (Lipinski definition) is 0. The maximum Gasteiger partial charge on any atom is 0.231 e. The molecule has 0 bridgehead atoms. The van der Waals surface area contributed by atoms with E-state index in [0.717, 1.165) is 5.56 Å². The minimum absolute atomic E-state index is 0.0931. The van der Waals surface area contributed by atoms with E-state index in [1.807, 2.05) is 6.07 Å². The van der Waals surface area contributed by atoms with Gasteiger partial charge in [-0.2, -0.15) is 5.26 Å². The molecular formula is C10H10N2O3S. The van der Waals surface area contributed by atoms with Crippen LogP contribution in [0.5, 0.6) is 5.88 Å². The highest BCUT2D eigenvalue weighted by atomic mass is 32.2. The Hall–Kier alpha value is -1.61. The van der Waals surface area contributed by atoms with Crippen molar-refractivity contribution in [1.29, 1.82) is 5.26 Å². The smallest absolute Gasteiger partial charge is 0.231 e. The Morgan fingerprint density at radius 1 is 1.56 bits per heavy atom. The van der Waals surface area contributed by atoms with Crippen molar-refractivity contribution in [2.24, 2.45) is 0 Å². The molecule has 84 valence electrons. The topological polar surface area (TPSA) is 80.0 Å². The first-order valence-corrected chi connectivity index (χ1v) is 6.55. The second kappa shape index (κ2) is 3.76. The van der Waals surface area contributed by atoms with Crippen LogP contribution in [0.15, 0.2) is 6.20 Å². The first-order chi connectivity index (χ1) is 7.57. The van der Waals surface area contributed by atoms with E-state index in [-0.39, 0.29) is 22.9 Å². The summed E-state index contributed by atoms with van der Waals surface area (Å²) in [5, 5.41) is 9.01. The Kier molecular flexibility index (Phi) is 2.56. The van der Waals surface area contributed by atoms with Crippen LogP contribution in [-0.4, -0.2) is 26.3 Å². The van der Waals surface area contributed by atoms with Crippen LogP contribution in [0.2, 0.25) is 0 Å². The Morgan fingerprint density at radius 2 is 2.31 bits per heavy atom. The van der Waals surface area contributed by atoms with Crippen LogP contribution in [0.25, 0.3) is 0 Å². The maximum atomic E-state index is 11.5. The second-order valence-corrected chi connectivity index (χ2v) is 5.78. The molecule has 0 aliphatic carbocycles. The van der Waals surface area contributed by atoms with Crippen molar-refractivity contribution >= 4 is 9.84 Å². The van der Waals surface area contributed by atoms with Crippen LogP contribution in [0.1, 0.15) is 16.7 Å². The Balaban J connectivity index is 2.64. The number of methoxy groups -OCH3 is 1. The highest BCUT2D eigenvalue weighted by molar-refractivity contribution is 7.90. The van der Waals surface area contributed by atoms with Gasteiger partial charge in [-0.05, 0) is 17.5 Å². The summed E-state index contributed by atoms with van der Waals surface area (Å²) in [5.41, 5.74) is 1.61. The molecule has 1 aliphatic heterocycles. The number of fused-ring (bicyclic) bond motifs is 1. The molecule has 0 N–H and O–H groups in total. The third-order valence-electron chi connectivity index (χ3n) is 2.59. The monoisotopic (exact) mass is 238 g/mol. The van der Waals surface area contributed by atoms with Crippen molar-refractivity contribution in [3.05, 3.63) is 22.9 Å². The molecule has 2 heterocycles. The van der Waals surface area contributed by atoms with E-state index in [1.54, 1.807) is 6.20 Å². The summed E-state index contributed by atoms with van der Waals surface area (Å²) in [6.07, 6.45) is 2.01. The number of aryl methyl sites for hydroxylation is 1. The average molecular weight is 238 g/mol. The van der Waals surface area contributed by atoms with E-state index in [2.05, 4.69) is 4.98 Å². The molecule has 0 saturated carbocycles. The first kappa shape index (κ1) is 10.9. The molecule has 0 atom stereocenters. The zero-order chi connectivity index (χ0) is 11.8. The fraction of sp³-hybridized carbons (Fsp3) is 0.400. The third-order valence-corrected chi connectivity index (χ3v) is 4.15. The molecule has 0 aromatic carbocycles. The van der Waals surface area contributed by atoms with Gasteiger partial charge in [0.2, 0.25) is 5.88 Å². The molecule has 0 amide bonds. The second-order valence-electron chi connectivity index (χ2n) is 3.60. The summed E-state index contributed by atoms with van der Waals surface area (Å²) in [4.78, 5) is 3.99. The molecule has 2 rings (SSSR count). The maximum absolute atomic E-state index is 11.5. The lowest BCUT2D eigenvalue weighted by Gasteiger charge is -2.17. The van der Waals surface area contributed by atoms with Crippen molar-refractivity contribution in [2.45, 2.75) is 12.2 Å². The molecule has 5 nitrogen and oxygen atoms in total. The summed E-state index contributed by atoms with van der Waals surface area (Å²) in [6, 6.07) is 1.96. The molecule has 0 spiro atoms. The number of nitrogens with zero attached hydrogens (tertiary/aromatic N) is 2. The zero-order valence-electron chi connectivity index (χ0n) is 8.73. The van der Waals surface area contributed by atoms with Gasteiger partial charge in [0, 0.05) is 6.20 Å². The van der Waals surface area contributed by atoms with Gasteiger partial charge in [-0.1, -0.05) is 0 Å². The molecule has 6 heteroatoms. The predicted octanol–water partition coefficient (Wildman–Crippen LogP) is 0.433. The van der Waals surface area contributed by atoms with Gasteiger partial charge >= 0.3 is 0 Å². The molecule has 1 aliphatic rings. The minimum atomic E-state index is -3.09. The SMILES string of the molecule is COc1ncc2c(c1C#N)CS(=O)(=O)CC2. The minimum Gasteiger partial charge on any atom is -0.480 e. The summed E-state index contributed by atoms with van der Waals surface area (Å²) >= 11 is 0. The van der Waals surface area contributed by atoms with Gasteiger partial charge in [0.15, 0.2) is 9.84 Å². The fourth-order valence-electron chi connectivity index (χ4n) is 1.78. The lowest BCUT2D eigenvalue weighted by Crippen LogP contribution is -2.20. The van der Waals surface area contributed by atoms with E-state index in [9.17, 15) is 8.42 Å². The highest BCUT2D eigenvalue weighted by Gasteiger charge is 2.26.